The smallest absolute Gasteiger partial charge is 0.176 e. The molecule has 1 rings (SSSR count). The summed E-state index contributed by atoms with van der Waals surface area (Å²) < 4.78 is 0. The molecule has 5 heteroatoms. The lowest BCUT2D eigenvalue weighted by molar-refractivity contribution is 0.100. The van der Waals surface area contributed by atoms with Crippen molar-refractivity contribution in [2.24, 2.45) is 5.73 Å². The molecule has 1 aromatic heterocycles. The van der Waals surface area contributed by atoms with E-state index in [1.807, 2.05) is 0 Å². The lowest BCUT2D eigenvalue weighted by atomic mass is 10.2. The molecule has 0 aliphatic rings. The molecule has 2 N–H and O–H groups in total. The minimum atomic E-state index is -0.0533. The summed E-state index contributed by atoms with van der Waals surface area (Å²) >= 11 is 0. The number of rotatable bonds is 2. The lowest BCUT2D eigenvalue weighted by Gasteiger charge is -1.93. The molecular formula is C7H10Cl2N2O. The Hall–Kier alpha value is -0.640. The summed E-state index contributed by atoms with van der Waals surface area (Å²) in [5, 5.41) is 0. The Labute approximate surface area is 83.2 Å². The first-order chi connectivity index (χ1) is 4.84. The SMILES string of the molecule is Cl.Cl.NCC(=O)c1ccncc1. The van der Waals surface area contributed by atoms with E-state index in [1.165, 1.54) is 0 Å². The average molecular weight is 209 g/mol. The van der Waals surface area contributed by atoms with Crippen LogP contribution in [0.25, 0.3) is 0 Å². The van der Waals surface area contributed by atoms with Crippen LogP contribution < -0.4 is 5.73 Å². The molecule has 0 fully saturated rings. The van der Waals surface area contributed by atoms with E-state index in [1.54, 1.807) is 24.5 Å². The van der Waals surface area contributed by atoms with Crippen LogP contribution in [0.1, 0.15) is 10.4 Å². The predicted molar refractivity (Wildman–Crippen MR) is 52.1 cm³/mol. The summed E-state index contributed by atoms with van der Waals surface area (Å²) in [6, 6.07) is 3.30. The Bertz CT molecular complexity index is 228. The predicted octanol–water partition coefficient (Wildman–Crippen LogP) is 1.07. The Morgan fingerprint density at radius 2 is 1.83 bits per heavy atom. The summed E-state index contributed by atoms with van der Waals surface area (Å²) in [7, 11) is 0. The number of ketones is 1. The van der Waals surface area contributed by atoms with Crippen molar-refractivity contribution in [1.29, 1.82) is 0 Å². The summed E-state index contributed by atoms with van der Waals surface area (Å²) in [6.07, 6.45) is 3.14. The molecule has 0 spiro atoms. The summed E-state index contributed by atoms with van der Waals surface area (Å²) in [5.74, 6) is -0.0533. The van der Waals surface area contributed by atoms with Crippen molar-refractivity contribution in [3.05, 3.63) is 30.1 Å². The molecular weight excluding hydrogens is 199 g/mol. The number of aromatic nitrogens is 1. The quantitative estimate of drug-likeness (QED) is 0.741. The largest absolute Gasteiger partial charge is 0.324 e. The first kappa shape index (κ1) is 13.9. The molecule has 0 radical (unpaired) electrons. The van der Waals surface area contributed by atoms with Crippen molar-refractivity contribution in [3.63, 3.8) is 0 Å². The molecule has 0 bridgehead atoms. The molecule has 0 saturated carbocycles. The van der Waals surface area contributed by atoms with Crippen molar-refractivity contribution in [3.8, 4) is 0 Å². The normalized spacial score (nSPS) is 7.75. The Kier molecular flexibility index (Phi) is 8.16. The van der Waals surface area contributed by atoms with Crippen LogP contribution in [0, 0.1) is 0 Å². The average Bonchev–Trinajstić information content (AvgIpc) is 2.05. The molecule has 0 aliphatic carbocycles. The summed E-state index contributed by atoms with van der Waals surface area (Å²) in [5.41, 5.74) is 5.76. The van der Waals surface area contributed by atoms with E-state index in [9.17, 15) is 4.79 Å². The lowest BCUT2D eigenvalue weighted by Crippen LogP contribution is -2.13. The monoisotopic (exact) mass is 208 g/mol. The van der Waals surface area contributed by atoms with Gasteiger partial charge in [-0.2, -0.15) is 0 Å². The van der Waals surface area contributed by atoms with Crippen LogP contribution in [-0.2, 0) is 0 Å². The maximum absolute atomic E-state index is 10.9. The molecule has 12 heavy (non-hydrogen) atoms. The van der Waals surface area contributed by atoms with Gasteiger partial charge in [0.05, 0.1) is 6.54 Å². The second kappa shape index (κ2) is 7.03. The number of nitrogens with zero attached hydrogens (tertiary/aromatic N) is 1. The van der Waals surface area contributed by atoms with Gasteiger partial charge in [0.15, 0.2) is 5.78 Å². The molecule has 0 aromatic carbocycles. The minimum absolute atomic E-state index is 0. The van der Waals surface area contributed by atoms with E-state index in [0.29, 0.717) is 5.56 Å². The third kappa shape index (κ3) is 3.67. The third-order valence-electron chi connectivity index (χ3n) is 1.19. The number of nitrogens with two attached hydrogens (primary N) is 1. The van der Waals surface area contributed by atoms with Crippen LogP contribution in [-0.4, -0.2) is 17.3 Å². The number of Topliss-reactive ketones (excluding diaryl/α,β-unsaturated/α-hetero) is 1. The molecule has 0 aliphatic heterocycles. The molecule has 68 valence electrons. The molecule has 0 atom stereocenters. The number of pyridine rings is 1. The zero-order valence-electron chi connectivity index (χ0n) is 6.27. The van der Waals surface area contributed by atoms with E-state index < -0.39 is 0 Å². The zero-order chi connectivity index (χ0) is 7.40. The van der Waals surface area contributed by atoms with E-state index in [-0.39, 0.29) is 37.1 Å². The zero-order valence-corrected chi connectivity index (χ0v) is 7.90. The van der Waals surface area contributed by atoms with Gasteiger partial charge in [0, 0.05) is 18.0 Å². The number of hydrogen-bond acceptors (Lipinski definition) is 3. The molecule has 3 nitrogen and oxygen atoms in total. The highest BCUT2D eigenvalue weighted by Gasteiger charge is 1.99. The first-order valence-corrected chi connectivity index (χ1v) is 2.98. The minimum Gasteiger partial charge on any atom is -0.324 e. The molecule has 0 amide bonds. The van der Waals surface area contributed by atoms with Crippen LogP contribution in [0.5, 0.6) is 0 Å². The summed E-state index contributed by atoms with van der Waals surface area (Å²) in [6.45, 7) is 0.0595. The van der Waals surface area contributed by atoms with Crippen LogP contribution in [0.3, 0.4) is 0 Å². The van der Waals surface area contributed by atoms with Crippen LogP contribution >= 0.6 is 24.8 Å². The Morgan fingerprint density at radius 3 is 2.25 bits per heavy atom. The Morgan fingerprint density at radius 1 is 1.33 bits per heavy atom. The topological polar surface area (TPSA) is 56.0 Å². The van der Waals surface area contributed by atoms with E-state index >= 15 is 0 Å². The Balaban J connectivity index is 0. The van der Waals surface area contributed by atoms with Crippen LogP contribution in [0.2, 0.25) is 0 Å². The van der Waals surface area contributed by atoms with Crippen molar-refractivity contribution in [2.45, 2.75) is 0 Å². The standard InChI is InChI=1S/C7H8N2O.2ClH/c8-5-7(10)6-1-3-9-4-2-6;;/h1-4H,5,8H2;2*1H. The maximum Gasteiger partial charge on any atom is 0.176 e. The fraction of sp³-hybridized carbons (Fsp3) is 0.143. The van der Waals surface area contributed by atoms with Gasteiger partial charge in [-0.1, -0.05) is 0 Å². The highest BCUT2D eigenvalue weighted by molar-refractivity contribution is 5.97. The molecule has 1 heterocycles. The van der Waals surface area contributed by atoms with Crippen molar-refractivity contribution in [1.82, 2.24) is 4.98 Å². The molecule has 0 saturated heterocycles. The van der Waals surface area contributed by atoms with Gasteiger partial charge in [-0.15, -0.1) is 24.8 Å². The fourth-order valence-corrected chi connectivity index (χ4v) is 0.656. The van der Waals surface area contributed by atoms with Crippen LogP contribution in [0.4, 0.5) is 0 Å². The first-order valence-electron chi connectivity index (χ1n) is 2.98. The van der Waals surface area contributed by atoms with Crippen LogP contribution in [0.15, 0.2) is 24.5 Å². The maximum atomic E-state index is 10.9. The number of carbonyl (C=O) groups excluding carboxylic acids is 1. The highest BCUT2D eigenvalue weighted by atomic mass is 35.5. The van der Waals surface area contributed by atoms with Gasteiger partial charge in [0.25, 0.3) is 0 Å². The van der Waals surface area contributed by atoms with Gasteiger partial charge in [-0.25, -0.2) is 0 Å². The van der Waals surface area contributed by atoms with Crippen molar-refractivity contribution < 1.29 is 4.79 Å². The second-order valence-corrected chi connectivity index (χ2v) is 1.86. The number of carbonyl (C=O) groups is 1. The van der Waals surface area contributed by atoms with Gasteiger partial charge in [0.1, 0.15) is 0 Å². The third-order valence-corrected chi connectivity index (χ3v) is 1.19. The van der Waals surface area contributed by atoms with E-state index in [0.717, 1.165) is 0 Å². The van der Waals surface area contributed by atoms with Gasteiger partial charge < -0.3 is 5.73 Å². The van der Waals surface area contributed by atoms with Gasteiger partial charge in [-0.3, -0.25) is 9.78 Å². The van der Waals surface area contributed by atoms with E-state index in [2.05, 4.69) is 4.98 Å². The summed E-state index contributed by atoms with van der Waals surface area (Å²) in [4.78, 5) is 14.6. The molecule has 1 aromatic rings. The van der Waals surface area contributed by atoms with Crippen molar-refractivity contribution >= 4 is 30.6 Å². The van der Waals surface area contributed by atoms with Gasteiger partial charge in [-0.05, 0) is 12.1 Å². The van der Waals surface area contributed by atoms with Gasteiger partial charge in [0.2, 0.25) is 0 Å². The van der Waals surface area contributed by atoms with Crippen molar-refractivity contribution in [2.75, 3.05) is 6.54 Å². The second-order valence-electron chi connectivity index (χ2n) is 1.86. The van der Waals surface area contributed by atoms with E-state index in [4.69, 9.17) is 5.73 Å². The number of halogens is 2. The number of hydrogen-bond donors (Lipinski definition) is 1. The van der Waals surface area contributed by atoms with Gasteiger partial charge >= 0.3 is 0 Å². The highest BCUT2D eigenvalue weighted by Crippen LogP contribution is 1.95. The molecule has 0 unspecified atom stereocenters. The fourth-order valence-electron chi connectivity index (χ4n) is 0.656.